The van der Waals surface area contributed by atoms with Crippen molar-refractivity contribution < 1.29 is 9.59 Å². The lowest BCUT2D eigenvalue weighted by molar-refractivity contribution is -0.143. The van der Waals surface area contributed by atoms with Crippen LogP contribution in [0.3, 0.4) is 0 Å². The molecule has 136 valence electrons. The first-order chi connectivity index (χ1) is 12.5. The van der Waals surface area contributed by atoms with E-state index < -0.39 is 0 Å². The van der Waals surface area contributed by atoms with Crippen LogP contribution in [0.25, 0.3) is 11.4 Å². The minimum absolute atomic E-state index is 0.0263. The number of tetrazole rings is 1. The Hall–Kier alpha value is -2.77. The third-order valence-corrected chi connectivity index (χ3v) is 5.49. The molecule has 0 bridgehead atoms. The van der Waals surface area contributed by atoms with Crippen molar-refractivity contribution >= 4 is 11.8 Å². The van der Waals surface area contributed by atoms with Crippen molar-refractivity contribution in [2.24, 2.45) is 12.5 Å². The van der Waals surface area contributed by atoms with Gasteiger partial charge in [-0.1, -0.05) is 12.1 Å². The molecule has 2 aromatic rings. The van der Waals surface area contributed by atoms with E-state index in [-0.39, 0.29) is 17.2 Å². The molecule has 1 unspecified atom stereocenters. The highest BCUT2D eigenvalue weighted by molar-refractivity contribution is 5.96. The molecule has 0 N–H and O–H groups in total. The number of carbonyl (C=O) groups is 2. The van der Waals surface area contributed by atoms with Crippen LogP contribution in [0.1, 0.15) is 29.6 Å². The molecule has 4 rings (SSSR count). The average Bonchev–Trinajstić information content (AvgIpc) is 3.27. The van der Waals surface area contributed by atoms with Crippen molar-refractivity contribution in [2.75, 3.05) is 26.7 Å². The quantitative estimate of drug-likeness (QED) is 0.802. The molecule has 8 nitrogen and oxygen atoms in total. The molecule has 26 heavy (non-hydrogen) atoms. The first-order valence-corrected chi connectivity index (χ1v) is 8.88. The maximum absolute atomic E-state index is 12.9. The maximum Gasteiger partial charge on any atom is 0.253 e. The van der Waals surface area contributed by atoms with Gasteiger partial charge in [-0.2, -0.15) is 4.80 Å². The van der Waals surface area contributed by atoms with Gasteiger partial charge in [0, 0.05) is 37.8 Å². The fourth-order valence-corrected chi connectivity index (χ4v) is 4.04. The van der Waals surface area contributed by atoms with Gasteiger partial charge in [-0.3, -0.25) is 9.59 Å². The van der Waals surface area contributed by atoms with E-state index in [1.165, 1.54) is 4.80 Å². The Morgan fingerprint density at radius 2 is 1.88 bits per heavy atom. The topological polar surface area (TPSA) is 84.2 Å². The number of likely N-dealkylation sites (tertiary alicyclic amines) is 2. The molecular formula is C18H22N6O2. The lowest BCUT2D eigenvalue weighted by atomic mass is 9.78. The van der Waals surface area contributed by atoms with Crippen molar-refractivity contribution in [3.05, 3.63) is 29.8 Å². The molecule has 3 heterocycles. The summed E-state index contributed by atoms with van der Waals surface area (Å²) < 4.78 is 0. The zero-order valence-electron chi connectivity index (χ0n) is 15.1. The second-order valence-corrected chi connectivity index (χ2v) is 7.27. The van der Waals surface area contributed by atoms with E-state index in [1.807, 2.05) is 24.1 Å². The van der Waals surface area contributed by atoms with Crippen LogP contribution in [0.4, 0.5) is 0 Å². The summed E-state index contributed by atoms with van der Waals surface area (Å²) in [5, 5.41) is 12.0. The van der Waals surface area contributed by atoms with Crippen molar-refractivity contribution in [1.29, 1.82) is 0 Å². The molecule has 2 saturated heterocycles. The lowest BCUT2D eigenvalue weighted by Gasteiger charge is -2.37. The number of aryl methyl sites for hydroxylation is 1. The molecule has 2 aliphatic rings. The smallest absolute Gasteiger partial charge is 0.253 e. The molecule has 2 fully saturated rings. The number of amides is 2. The SMILES string of the molecule is CN1CCCC2(CCN(C(=O)c3ccc(-c4nnn(C)n4)cc3)C2)C1=O. The van der Waals surface area contributed by atoms with Gasteiger partial charge in [-0.05, 0) is 36.6 Å². The van der Waals surface area contributed by atoms with Crippen LogP contribution in [0.2, 0.25) is 0 Å². The number of piperidine rings is 1. The van der Waals surface area contributed by atoms with Gasteiger partial charge < -0.3 is 9.80 Å². The van der Waals surface area contributed by atoms with E-state index in [9.17, 15) is 9.59 Å². The minimum Gasteiger partial charge on any atom is -0.345 e. The molecule has 2 amide bonds. The first-order valence-electron chi connectivity index (χ1n) is 8.88. The second kappa shape index (κ2) is 6.19. The molecule has 8 heteroatoms. The number of benzene rings is 1. The summed E-state index contributed by atoms with van der Waals surface area (Å²) >= 11 is 0. The summed E-state index contributed by atoms with van der Waals surface area (Å²) in [5.74, 6) is 0.687. The Morgan fingerprint density at radius 3 is 2.58 bits per heavy atom. The van der Waals surface area contributed by atoms with Gasteiger partial charge in [0.15, 0.2) is 0 Å². The number of nitrogens with zero attached hydrogens (tertiary/aromatic N) is 6. The van der Waals surface area contributed by atoms with Crippen LogP contribution >= 0.6 is 0 Å². The minimum atomic E-state index is -0.383. The summed E-state index contributed by atoms with van der Waals surface area (Å²) in [6.45, 7) is 1.96. The van der Waals surface area contributed by atoms with Crippen LogP contribution in [0.15, 0.2) is 24.3 Å². The maximum atomic E-state index is 12.9. The number of hydrogen-bond acceptors (Lipinski definition) is 5. The summed E-state index contributed by atoms with van der Waals surface area (Å²) in [7, 11) is 3.56. The fraction of sp³-hybridized carbons (Fsp3) is 0.500. The predicted molar refractivity (Wildman–Crippen MR) is 94.1 cm³/mol. The second-order valence-electron chi connectivity index (χ2n) is 7.27. The summed E-state index contributed by atoms with van der Waals surface area (Å²) in [4.78, 5) is 30.5. The largest absolute Gasteiger partial charge is 0.345 e. The Labute approximate surface area is 151 Å². The molecular weight excluding hydrogens is 332 g/mol. The molecule has 0 aliphatic carbocycles. The van der Waals surface area contributed by atoms with Gasteiger partial charge in [-0.15, -0.1) is 10.2 Å². The number of rotatable bonds is 2. The van der Waals surface area contributed by atoms with E-state index in [2.05, 4.69) is 15.4 Å². The van der Waals surface area contributed by atoms with E-state index in [1.54, 1.807) is 24.1 Å². The van der Waals surface area contributed by atoms with E-state index in [0.29, 0.717) is 24.5 Å². The Balaban J connectivity index is 1.49. The number of aromatic nitrogens is 4. The molecule has 2 aliphatic heterocycles. The van der Waals surface area contributed by atoms with Crippen molar-refractivity contribution in [3.63, 3.8) is 0 Å². The van der Waals surface area contributed by atoms with Crippen molar-refractivity contribution in [3.8, 4) is 11.4 Å². The number of carbonyl (C=O) groups excluding carboxylic acids is 2. The Bertz CT molecular complexity index is 846. The zero-order chi connectivity index (χ0) is 18.3. The summed E-state index contributed by atoms with van der Waals surface area (Å²) in [6, 6.07) is 7.23. The molecule has 1 aromatic heterocycles. The van der Waals surface area contributed by atoms with E-state index in [4.69, 9.17) is 0 Å². The van der Waals surface area contributed by atoms with E-state index in [0.717, 1.165) is 31.4 Å². The van der Waals surface area contributed by atoms with Gasteiger partial charge in [0.05, 0.1) is 12.5 Å². The highest BCUT2D eigenvalue weighted by Crippen LogP contribution is 2.40. The Kier molecular flexibility index (Phi) is 3.97. The standard InChI is InChI=1S/C18H22N6O2/c1-22-10-3-8-18(17(22)26)9-11-24(12-18)16(25)14-6-4-13(5-7-14)15-19-21-23(2)20-15/h4-7H,3,8-12H2,1-2H3. The van der Waals surface area contributed by atoms with Crippen LogP contribution in [-0.2, 0) is 11.8 Å². The summed E-state index contributed by atoms with van der Waals surface area (Å²) in [5.41, 5.74) is 1.05. The molecule has 1 atom stereocenters. The van der Waals surface area contributed by atoms with Crippen LogP contribution in [0, 0.1) is 5.41 Å². The third kappa shape index (κ3) is 2.75. The molecule has 0 radical (unpaired) electrons. The fourth-order valence-electron chi connectivity index (χ4n) is 4.04. The Morgan fingerprint density at radius 1 is 1.12 bits per heavy atom. The highest BCUT2D eigenvalue weighted by atomic mass is 16.2. The highest BCUT2D eigenvalue weighted by Gasteiger charge is 2.48. The van der Waals surface area contributed by atoms with Gasteiger partial charge >= 0.3 is 0 Å². The lowest BCUT2D eigenvalue weighted by Crippen LogP contribution is -2.48. The average molecular weight is 354 g/mol. The van der Waals surface area contributed by atoms with E-state index >= 15 is 0 Å². The van der Waals surface area contributed by atoms with Gasteiger partial charge in [0.25, 0.3) is 5.91 Å². The van der Waals surface area contributed by atoms with Gasteiger partial charge in [0.1, 0.15) is 0 Å². The third-order valence-electron chi connectivity index (χ3n) is 5.49. The van der Waals surface area contributed by atoms with Gasteiger partial charge in [0.2, 0.25) is 11.7 Å². The summed E-state index contributed by atoms with van der Waals surface area (Å²) in [6.07, 6.45) is 2.63. The molecule has 0 saturated carbocycles. The molecule has 1 aromatic carbocycles. The van der Waals surface area contributed by atoms with Crippen molar-refractivity contribution in [1.82, 2.24) is 30.0 Å². The van der Waals surface area contributed by atoms with Crippen molar-refractivity contribution in [2.45, 2.75) is 19.3 Å². The van der Waals surface area contributed by atoms with Crippen LogP contribution < -0.4 is 0 Å². The zero-order valence-corrected chi connectivity index (χ0v) is 15.1. The van der Waals surface area contributed by atoms with Crippen LogP contribution in [0.5, 0.6) is 0 Å². The normalized spacial score (nSPS) is 23.1. The predicted octanol–water partition coefficient (Wildman–Crippen LogP) is 0.962. The monoisotopic (exact) mass is 354 g/mol. The van der Waals surface area contributed by atoms with Crippen LogP contribution in [-0.4, -0.2) is 68.5 Å². The first kappa shape index (κ1) is 16.7. The molecule has 1 spiro atoms. The number of hydrogen-bond donors (Lipinski definition) is 0. The van der Waals surface area contributed by atoms with Gasteiger partial charge in [-0.25, -0.2) is 0 Å².